The van der Waals surface area contributed by atoms with Crippen molar-refractivity contribution in [3.05, 3.63) is 51.6 Å². The Hall–Kier alpha value is -3.66. The van der Waals surface area contributed by atoms with Gasteiger partial charge in [-0.25, -0.2) is 19.6 Å². The molecule has 0 radical (unpaired) electrons. The molecule has 1 aliphatic rings. The van der Waals surface area contributed by atoms with Gasteiger partial charge in [0.25, 0.3) is 0 Å². The lowest BCUT2D eigenvalue weighted by Gasteiger charge is -2.36. The van der Waals surface area contributed by atoms with E-state index in [1.807, 2.05) is 77.4 Å². The second kappa shape index (κ2) is 12.6. The minimum absolute atomic E-state index is 0.127. The fraction of sp³-hybridized carbons (Fsp3) is 0.516. The van der Waals surface area contributed by atoms with Crippen molar-refractivity contribution in [2.45, 2.75) is 78.7 Å². The number of carbonyl (C=O) groups is 2. The van der Waals surface area contributed by atoms with E-state index in [1.165, 1.54) is 4.90 Å². The highest BCUT2D eigenvalue weighted by atomic mass is 127. The van der Waals surface area contributed by atoms with Gasteiger partial charge in [0.15, 0.2) is 5.65 Å². The number of carbonyl (C=O) groups excluding carboxylic acids is 2. The van der Waals surface area contributed by atoms with Gasteiger partial charge in [-0.3, -0.25) is 4.90 Å². The van der Waals surface area contributed by atoms with E-state index >= 15 is 0 Å². The minimum Gasteiger partial charge on any atom is -0.444 e. The molecule has 2 amide bonds. The normalized spacial score (nSPS) is 17.5. The van der Waals surface area contributed by atoms with Crippen molar-refractivity contribution < 1.29 is 24.2 Å². The fourth-order valence-corrected chi connectivity index (χ4v) is 5.62. The summed E-state index contributed by atoms with van der Waals surface area (Å²) in [4.78, 5) is 38.9. The van der Waals surface area contributed by atoms with Crippen molar-refractivity contribution in [2.75, 3.05) is 29.9 Å². The molecule has 0 unspecified atom stereocenters. The third-order valence-corrected chi connectivity index (χ3v) is 8.03. The number of aliphatic hydroxyl groups is 1. The Kier molecular flexibility index (Phi) is 9.18. The molecule has 5 rings (SSSR count). The first-order valence-electron chi connectivity index (χ1n) is 15.0. The first-order valence-corrected chi connectivity index (χ1v) is 16.0. The van der Waals surface area contributed by atoms with E-state index in [2.05, 4.69) is 33.0 Å². The van der Waals surface area contributed by atoms with Crippen LogP contribution in [0.1, 0.15) is 59.2 Å². The first kappa shape index (κ1) is 32.7. The Balaban J connectivity index is 1.41. The van der Waals surface area contributed by atoms with Gasteiger partial charge in [0.1, 0.15) is 28.5 Å². The summed E-state index contributed by atoms with van der Waals surface area (Å²) in [5, 5.41) is 18.8. The van der Waals surface area contributed by atoms with Gasteiger partial charge in [-0.2, -0.15) is 9.61 Å². The van der Waals surface area contributed by atoms with Gasteiger partial charge in [-0.1, -0.05) is 6.07 Å². The van der Waals surface area contributed by atoms with Crippen LogP contribution in [0.4, 0.5) is 21.2 Å². The van der Waals surface area contributed by atoms with Gasteiger partial charge >= 0.3 is 12.2 Å². The van der Waals surface area contributed by atoms with Crippen LogP contribution in [0, 0.1) is 16.4 Å². The van der Waals surface area contributed by atoms with E-state index in [9.17, 15) is 14.7 Å². The number of piperidine rings is 1. The zero-order chi connectivity index (χ0) is 32.7. The Bertz CT molecular complexity index is 1710. The molecule has 4 aromatic heterocycles. The number of hydrogen-bond donors (Lipinski definition) is 2. The van der Waals surface area contributed by atoms with E-state index in [0.29, 0.717) is 42.5 Å². The van der Waals surface area contributed by atoms with Crippen LogP contribution in [-0.4, -0.2) is 83.1 Å². The minimum atomic E-state index is -0.742. The molecule has 1 saturated heterocycles. The fourth-order valence-electron chi connectivity index (χ4n) is 5.15. The summed E-state index contributed by atoms with van der Waals surface area (Å²) in [6, 6.07) is 5.70. The number of nitrogens with zero attached hydrogens (tertiary/aromatic N) is 7. The number of nitrogens with one attached hydrogen (secondary N) is 1. The monoisotopic (exact) mass is 732 g/mol. The van der Waals surface area contributed by atoms with Crippen LogP contribution in [-0.2, 0) is 16.0 Å². The quantitative estimate of drug-likeness (QED) is 0.254. The van der Waals surface area contributed by atoms with Gasteiger partial charge in [0.2, 0.25) is 0 Å². The summed E-state index contributed by atoms with van der Waals surface area (Å²) in [7, 11) is 0. The Morgan fingerprint density at radius 2 is 1.87 bits per heavy atom. The van der Waals surface area contributed by atoms with Crippen molar-refractivity contribution in [1.82, 2.24) is 28.9 Å². The highest BCUT2D eigenvalue weighted by Crippen LogP contribution is 2.28. The number of likely N-dealkylation sites (tertiary alicyclic amines) is 1. The highest BCUT2D eigenvalue weighted by Gasteiger charge is 2.33. The molecular weight excluding hydrogens is 691 g/mol. The second-order valence-electron chi connectivity index (χ2n) is 13.4. The molecule has 0 aliphatic carbocycles. The molecule has 2 atom stereocenters. The number of pyridine rings is 1. The smallest absolute Gasteiger partial charge is 0.416 e. The number of aliphatic hydroxyl groups excluding tert-OH is 1. The molecule has 1 aliphatic heterocycles. The van der Waals surface area contributed by atoms with Crippen molar-refractivity contribution in [2.24, 2.45) is 5.92 Å². The van der Waals surface area contributed by atoms with Crippen molar-refractivity contribution >= 4 is 57.7 Å². The van der Waals surface area contributed by atoms with Gasteiger partial charge in [0.05, 0.1) is 34.7 Å². The predicted octanol–water partition coefficient (Wildman–Crippen LogP) is 5.26. The van der Waals surface area contributed by atoms with E-state index in [0.717, 1.165) is 14.8 Å². The van der Waals surface area contributed by atoms with E-state index < -0.39 is 29.5 Å². The van der Waals surface area contributed by atoms with E-state index in [-0.39, 0.29) is 19.0 Å². The van der Waals surface area contributed by atoms with Crippen LogP contribution in [0.25, 0.3) is 11.3 Å². The lowest BCUT2D eigenvalue weighted by atomic mass is 9.94. The Morgan fingerprint density at radius 3 is 2.53 bits per heavy atom. The summed E-state index contributed by atoms with van der Waals surface area (Å²) in [6.07, 6.45) is 4.38. The lowest BCUT2D eigenvalue weighted by Crippen LogP contribution is -2.49. The molecule has 13 nitrogen and oxygen atoms in total. The number of amides is 2. The van der Waals surface area contributed by atoms with Crippen molar-refractivity contribution in [3.63, 3.8) is 0 Å². The molecule has 242 valence electrons. The molecule has 45 heavy (non-hydrogen) atoms. The number of hydrogen-bond acceptors (Lipinski definition) is 9. The van der Waals surface area contributed by atoms with Crippen LogP contribution in [0.5, 0.6) is 0 Å². The number of ether oxygens (including phenoxy) is 2. The van der Waals surface area contributed by atoms with E-state index in [4.69, 9.17) is 19.4 Å². The first-order chi connectivity index (χ1) is 21.1. The molecular formula is C31H41IN8O5. The maximum absolute atomic E-state index is 13.7. The van der Waals surface area contributed by atoms with Gasteiger partial charge < -0.3 is 29.2 Å². The van der Waals surface area contributed by atoms with E-state index in [1.54, 1.807) is 21.7 Å². The summed E-state index contributed by atoms with van der Waals surface area (Å²) in [5.41, 5.74) is 1.73. The lowest BCUT2D eigenvalue weighted by molar-refractivity contribution is -0.0104. The number of aromatic nitrogens is 5. The number of anilines is 2. The Morgan fingerprint density at radius 1 is 1.13 bits per heavy atom. The number of halogens is 1. The van der Waals surface area contributed by atoms with Gasteiger partial charge in [0, 0.05) is 37.5 Å². The molecule has 14 heteroatoms. The standard InChI is InChI=1S/C31H41IN8O5/c1-19-9-8-11-37-16-21(35-26(19)37)17-39(29(43)45-31(5,6)7)25-13-24(36-27-22(32)15-34-40(25)27)33-14-20-10-12-38(18-23(20)41)28(42)44-30(2,3)4/h8-9,11,13,15-16,20,23,41H,10,12,14,17-18H2,1-7H3,(H,33,36)/t20-,23+/m1/s1. The maximum Gasteiger partial charge on any atom is 0.416 e. The van der Waals surface area contributed by atoms with Gasteiger partial charge in [-0.05, 0) is 89.1 Å². The number of aryl methyl sites for hydroxylation is 1. The summed E-state index contributed by atoms with van der Waals surface area (Å²) < 4.78 is 15.7. The van der Waals surface area contributed by atoms with Crippen LogP contribution >= 0.6 is 22.6 Å². The molecule has 4 aromatic rings. The third kappa shape index (κ3) is 7.77. The third-order valence-electron chi connectivity index (χ3n) is 7.27. The van der Waals surface area contributed by atoms with Crippen LogP contribution in [0.2, 0.25) is 0 Å². The summed E-state index contributed by atoms with van der Waals surface area (Å²) in [5.74, 6) is 0.836. The number of imidazole rings is 1. The molecule has 0 aromatic carbocycles. The zero-order valence-corrected chi connectivity index (χ0v) is 28.9. The number of rotatable bonds is 6. The van der Waals surface area contributed by atoms with Crippen molar-refractivity contribution in [1.29, 1.82) is 0 Å². The predicted molar refractivity (Wildman–Crippen MR) is 178 cm³/mol. The molecule has 5 heterocycles. The molecule has 0 saturated carbocycles. The molecule has 1 fully saturated rings. The SMILES string of the molecule is Cc1cccn2cc(CN(C(=O)OC(C)(C)C)c3cc(NC[C@H]4CCN(C(=O)OC(C)(C)C)C[C@@H]4O)nc4c(I)cnn34)nc12. The highest BCUT2D eigenvalue weighted by molar-refractivity contribution is 14.1. The number of β-amino-alcohol motifs (C(OH)–C–C–N with tert-alkyl or cyclic N) is 1. The largest absolute Gasteiger partial charge is 0.444 e. The van der Waals surface area contributed by atoms with Crippen LogP contribution in [0.3, 0.4) is 0 Å². The van der Waals surface area contributed by atoms with Crippen LogP contribution < -0.4 is 10.2 Å². The van der Waals surface area contributed by atoms with Crippen molar-refractivity contribution in [3.8, 4) is 0 Å². The van der Waals surface area contributed by atoms with Gasteiger partial charge in [-0.15, -0.1) is 0 Å². The Labute approximate surface area is 276 Å². The maximum atomic E-state index is 13.7. The topological polar surface area (TPSA) is 139 Å². The summed E-state index contributed by atoms with van der Waals surface area (Å²) in [6.45, 7) is 14.1. The zero-order valence-electron chi connectivity index (χ0n) is 26.7. The van der Waals surface area contributed by atoms with Crippen LogP contribution in [0.15, 0.2) is 36.8 Å². The molecule has 0 spiro atoms. The average Bonchev–Trinajstić information content (AvgIpc) is 3.52. The molecule has 0 bridgehead atoms. The second-order valence-corrected chi connectivity index (χ2v) is 14.5. The summed E-state index contributed by atoms with van der Waals surface area (Å²) >= 11 is 2.17. The average molecular weight is 733 g/mol. The number of fused-ring (bicyclic) bond motifs is 2. The molecule has 2 N–H and O–H groups in total.